The highest BCUT2D eigenvalue weighted by atomic mass is 16.5. The minimum atomic E-state index is 0.806. The Morgan fingerprint density at radius 2 is 0.730 bits per heavy atom. The van der Waals surface area contributed by atoms with Crippen molar-refractivity contribution in [2.75, 3.05) is 21.7 Å². The van der Waals surface area contributed by atoms with Gasteiger partial charge in [0.15, 0.2) is 0 Å². The van der Waals surface area contributed by atoms with Crippen LogP contribution in [0.5, 0.6) is 11.5 Å². The standard InChI is InChI=1S/C58H48N4O/c1-41-21-31-53(32-22-41)63-54-33-27-45(28-34-54)59(4)44-23-25-48(26-24-44)62-57-35-29-51(60(46-15-7-5-8-16-46)49-19-11-13-42(2)37-49)39-55(57)56-40-52(30-36-58(56)62)61(47-17-9-6-10-18-47)50-20-12-14-43(3)38-50/h5-40H,1-4H3. The summed E-state index contributed by atoms with van der Waals surface area (Å²) in [5, 5.41) is 2.34. The molecule has 9 aromatic carbocycles. The summed E-state index contributed by atoms with van der Waals surface area (Å²) in [6, 6.07) is 77.8. The Morgan fingerprint density at radius 3 is 1.19 bits per heavy atom. The van der Waals surface area contributed by atoms with E-state index in [0.717, 1.165) is 73.7 Å². The second-order valence-electron chi connectivity index (χ2n) is 16.2. The molecular weight excluding hydrogens is 769 g/mol. The Bertz CT molecular complexity index is 3030. The zero-order valence-corrected chi connectivity index (χ0v) is 36.0. The van der Waals surface area contributed by atoms with Crippen LogP contribution in [0.4, 0.5) is 45.5 Å². The van der Waals surface area contributed by atoms with Gasteiger partial charge in [-0.25, -0.2) is 0 Å². The highest BCUT2D eigenvalue weighted by Crippen LogP contribution is 2.43. The van der Waals surface area contributed by atoms with Crippen LogP contribution in [0.25, 0.3) is 27.5 Å². The summed E-state index contributed by atoms with van der Waals surface area (Å²) in [5.74, 6) is 1.63. The predicted molar refractivity (Wildman–Crippen MR) is 265 cm³/mol. The monoisotopic (exact) mass is 816 g/mol. The maximum atomic E-state index is 6.11. The van der Waals surface area contributed by atoms with Crippen molar-refractivity contribution in [3.05, 3.63) is 235 Å². The summed E-state index contributed by atoms with van der Waals surface area (Å²) in [6.45, 7) is 6.38. The van der Waals surface area contributed by atoms with Crippen LogP contribution in [0.2, 0.25) is 0 Å². The number of hydrogen-bond donors (Lipinski definition) is 0. The van der Waals surface area contributed by atoms with Crippen LogP contribution < -0.4 is 19.4 Å². The fourth-order valence-corrected chi connectivity index (χ4v) is 8.59. The lowest BCUT2D eigenvalue weighted by Gasteiger charge is -2.26. The van der Waals surface area contributed by atoms with Crippen LogP contribution in [0.15, 0.2) is 218 Å². The molecule has 0 saturated heterocycles. The molecule has 0 spiro atoms. The lowest BCUT2D eigenvalue weighted by molar-refractivity contribution is 0.482. The number of para-hydroxylation sites is 2. The molecule has 0 aliphatic heterocycles. The molecule has 5 nitrogen and oxygen atoms in total. The number of fused-ring (bicyclic) bond motifs is 3. The van der Waals surface area contributed by atoms with Gasteiger partial charge >= 0.3 is 0 Å². The SMILES string of the molecule is Cc1ccc(Oc2ccc(N(C)c3ccc(-n4c5ccc(N(c6ccccc6)c6cccc(C)c6)cc5c5cc(N(c6ccccc6)c6cccc(C)c6)ccc54)cc3)cc2)cc1. The molecule has 10 aromatic rings. The lowest BCUT2D eigenvalue weighted by Crippen LogP contribution is -2.10. The van der Waals surface area contributed by atoms with Crippen molar-refractivity contribution in [3.63, 3.8) is 0 Å². The van der Waals surface area contributed by atoms with Crippen molar-refractivity contribution in [1.29, 1.82) is 0 Å². The van der Waals surface area contributed by atoms with Gasteiger partial charge in [0.05, 0.1) is 11.0 Å². The van der Waals surface area contributed by atoms with Crippen molar-refractivity contribution in [2.45, 2.75) is 20.8 Å². The predicted octanol–water partition coefficient (Wildman–Crippen LogP) is 16.2. The van der Waals surface area contributed by atoms with Gasteiger partial charge in [-0.1, -0.05) is 78.4 Å². The topological polar surface area (TPSA) is 23.9 Å². The van der Waals surface area contributed by atoms with Gasteiger partial charge in [-0.2, -0.15) is 0 Å². The van der Waals surface area contributed by atoms with E-state index in [9.17, 15) is 0 Å². The number of anilines is 8. The molecule has 63 heavy (non-hydrogen) atoms. The van der Waals surface area contributed by atoms with E-state index >= 15 is 0 Å². The molecule has 0 saturated carbocycles. The quantitative estimate of drug-likeness (QED) is 0.130. The van der Waals surface area contributed by atoms with Crippen molar-refractivity contribution in [3.8, 4) is 17.2 Å². The summed E-state index contributed by atoms with van der Waals surface area (Å²) in [7, 11) is 2.10. The Kier molecular flexibility index (Phi) is 10.4. The van der Waals surface area contributed by atoms with Crippen LogP contribution in [0.3, 0.4) is 0 Å². The first-order valence-electron chi connectivity index (χ1n) is 21.5. The van der Waals surface area contributed by atoms with Gasteiger partial charge in [0.2, 0.25) is 0 Å². The van der Waals surface area contributed by atoms with E-state index in [0.29, 0.717) is 0 Å². The van der Waals surface area contributed by atoms with Crippen LogP contribution >= 0.6 is 0 Å². The second-order valence-corrected chi connectivity index (χ2v) is 16.2. The first-order valence-corrected chi connectivity index (χ1v) is 21.5. The average Bonchev–Trinajstić information content (AvgIpc) is 3.64. The number of nitrogens with zero attached hydrogens (tertiary/aromatic N) is 4. The molecule has 0 atom stereocenters. The minimum Gasteiger partial charge on any atom is -0.457 e. The molecule has 5 heteroatoms. The Morgan fingerprint density at radius 1 is 0.333 bits per heavy atom. The third-order valence-electron chi connectivity index (χ3n) is 11.8. The molecule has 10 rings (SSSR count). The van der Waals surface area contributed by atoms with Crippen LogP contribution in [-0.2, 0) is 0 Å². The van der Waals surface area contributed by atoms with Gasteiger partial charge in [0.25, 0.3) is 0 Å². The van der Waals surface area contributed by atoms with Gasteiger partial charge in [0.1, 0.15) is 11.5 Å². The number of aryl methyl sites for hydroxylation is 3. The second kappa shape index (κ2) is 16.8. The molecule has 0 N–H and O–H groups in total. The Hall–Kier alpha value is -8.02. The van der Waals surface area contributed by atoms with Crippen LogP contribution in [0.1, 0.15) is 16.7 Å². The minimum absolute atomic E-state index is 0.806. The van der Waals surface area contributed by atoms with Crippen molar-refractivity contribution < 1.29 is 4.74 Å². The highest BCUT2D eigenvalue weighted by Gasteiger charge is 2.20. The first-order chi connectivity index (χ1) is 30.9. The fraction of sp³-hybridized carbons (Fsp3) is 0.0690. The van der Waals surface area contributed by atoms with E-state index in [4.69, 9.17) is 4.74 Å². The van der Waals surface area contributed by atoms with Crippen LogP contribution in [-0.4, -0.2) is 11.6 Å². The molecule has 0 aliphatic rings. The Labute approximate surface area is 369 Å². The lowest BCUT2D eigenvalue weighted by atomic mass is 10.1. The third kappa shape index (κ3) is 7.89. The van der Waals surface area contributed by atoms with E-state index < -0.39 is 0 Å². The molecule has 1 heterocycles. The number of rotatable bonds is 11. The summed E-state index contributed by atoms with van der Waals surface area (Å²) < 4.78 is 8.52. The summed E-state index contributed by atoms with van der Waals surface area (Å²) >= 11 is 0. The highest BCUT2D eigenvalue weighted by molar-refractivity contribution is 6.12. The maximum absolute atomic E-state index is 6.11. The van der Waals surface area contributed by atoms with Gasteiger partial charge in [-0.3, -0.25) is 0 Å². The summed E-state index contributed by atoms with van der Waals surface area (Å²) in [6.07, 6.45) is 0. The zero-order valence-electron chi connectivity index (χ0n) is 36.0. The van der Waals surface area contributed by atoms with Crippen molar-refractivity contribution >= 4 is 67.3 Å². The van der Waals surface area contributed by atoms with Gasteiger partial charge in [-0.15, -0.1) is 0 Å². The van der Waals surface area contributed by atoms with E-state index in [1.54, 1.807) is 0 Å². The number of benzene rings is 9. The Balaban J connectivity index is 1.09. The molecule has 1 aromatic heterocycles. The smallest absolute Gasteiger partial charge is 0.127 e. The summed E-state index contributed by atoms with van der Waals surface area (Å²) in [5.41, 5.74) is 15.8. The van der Waals surface area contributed by atoms with Gasteiger partial charge < -0.3 is 24.0 Å². The van der Waals surface area contributed by atoms with Gasteiger partial charge in [0, 0.05) is 69.0 Å². The molecule has 0 amide bonds. The van der Waals surface area contributed by atoms with E-state index in [1.807, 2.05) is 24.3 Å². The third-order valence-corrected chi connectivity index (χ3v) is 11.8. The number of aromatic nitrogens is 1. The molecule has 0 aliphatic carbocycles. The fourth-order valence-electron chi connectivity index (χ4n) is 8.59. The normalized spacial score (nSPS) is 11.2. The first kappa shape index (κ1) is 39.1. The zero-order chi connectivity index (χ0) is 42.9. The van der Waals surface area contributed by atoms with Crippen molar-refractivity contribution in [1.82, 2.24) is 4.57 Å². The molecular formula is C58H48N4O. The number of hydrogen-bond acceptors (Lipinski definition) is 4. The van der Waals surface area contributed by atoms with E-state index in [-0.39, 0.29) is 0 Å². The number of ether oxygens (including phenoxy) is 1. The molecule has 0 unspecified atom stereocenters. The largest absolute Gasteiger partial charge is 0.457 e. The molecule has 0 bridgehead atoms. The molecule has 0 radical (unpaired) electrons. The molecule has 306 valence electrons. The van der Waals surface area contributed by atoms with Crippen molar-refractivity contribution in [2.24, 2.45) is 0 Å². The molecule has 0 fully saturated rings. The van der Waals surface area contributed by atoms with Gasteiger partial charge in [-0.05, 0) is 177 Å². The van der Waals surface area contributed by atoms with Crippen LogP contribution in [0, 0.1) is 20.8 Å². The summed E-state index contributed by atoms with van der Waals surface area (Å²) in [4.78, 5) is 6.92. The maximum Gasteiger partial charge on any atom is 0.127 e. The van der Waals surface area contributed by atoms with E-state index in [1.165, 1.54) is 27.5 Å². The average molecular weight is 817 g/mol. The van der Waals surface area contributed by atoms with E-state index in [2.05, 4.69) is 241 Å².